The summed E-state index contributed by atoms with van der Waals surface area (Å²) in [5, 5.41) is 6.28. The second-order valence-corrected chi connectivity index (χ2v) is 5.92. The van der Waals surface area contributed by atoms with Gasteiger partial charge >= 0.3 is 0 Å². The number of rotatable bonds is 5. The van der Waals surface area contributed by atoms with Crippen LogP contribution in [0.25, 0.3) is 10.8 Å². The second-order valence-electron chi connectivity index (χ2n) is 5.92. The maximum absolute atomic E-state index is 3.60. The van der Waals surface area contributed by atoms with Crippen molar-refractivity contribution in [3.63, 3.8) is 0 Å². The van der Waals surface area contributed by atoms with Crippen molar-refractivity contribution in [1.29, 1.82) is 0 Å². The molecule has 3 aromatic rings. The molecule has 0 spiro atoms. The molecule has 0 amide bonds. The van der Waals surface area contributed by atoms with Crippen molar-refractivity contribution in [2.45, 2.75) is 32.0 Å². The van der Waals surface area contributed by atoms with Crippen molar-refractivity contribution in [2.24, 2.45) is 0 Å². The molecule has 2 heteroatoms. The molecule has 21 heavy (non-hydrogen) atoms. The molecule has 1 fully saturated rings. The van der Waals surface area contributed by atoms with E-state index in [0.717, 1.165) is 19.1 Å². The molecule has 1 saturated carbocycles. The maximum Gasteiger partial charge on any atom is 0.0479 e. The molecule has 2 nitrogen and oxygen atoms in total. The van der Waals surface area contributed by atoms with Crippen LogP contribution in [0.15, 0.2) is 60.8 Å². The van der Waals surface area contributed by atoms with Crippen LogP contribution in [0, 0.1) is 0 Å². The van der Waals surface area contributed by atoms with Crippen molar-refractivity contribution >= 4 is 10.8 Å². The molecule has 0 radical (unpaired) electrons. The number of benzene rings is 2. The van der Waals surface area contributed by atoms with Gasteiger partial charge in [-0.2, -0.15) is 0 Å². The third kappa shape index (κ3) is 2.72. The van der Waals surface area contributed by atoms with Crippen molar-refractivity contribution < 1.29 is 0 Å². The van der Waals surface area contributed by atoms with E-state index < -0.39 is 0 Å². The first-order valence-corrected chi connectivity index (χ1v) is 7.74. The lowest BCUT2D eigenvalue weighted by Gasteiger charge is -2.12. The fourth-order valence-electron chi connectivity index (χ4n) is 2.91. The Morgan fingerprint density at radius 3 is 2.71 bits per heavy atom. The average Bonchev–Trinajstić information content (AvgIpc) is 3.25. The van der Waals surface area contributed by atoms with Gasteiger partial charge in [-0.05, 0) is 41.3 Å². The van der Waals surface area contributed by atoms with E-state index in [1.54, 1.807) is 0 Å². The smallest absolute Gasteiger partial charge is 0.0479 e. The van der Waals surface area contributed by atoms with Gasteiger partial charge in [-0.1, -0.05) is 42.5 Å². The number of hydrogen-bond acceptors (Lipinski definition) is 1. The molecule has 0 atom stereocenters. The summed E-state index contributed by atoms with van der Waals surface area (Å²) >= 11 is 0. The summed E-state index contributed by atoms with van der Waals surface area (Å²) < 4.78 is 2.36. The number of hydrogen-bond donors (Lipinski definition) is 1. The Morgan fingerprint density at radius 1 is 0.952 bits per heavy atom. The van der Waals surface area contributed by atoms with Crippen LogP contribution in [0.4, 0.5) is 0 Å². The molecular weight excluding hydrogens is 256 g/mol. The monoisotopic (exact) mass is 276 g/mol. The van der Waals surface area contributed by atoms with Gasteiger partial charge in [-0.25, -0.2) is 0 Å². The summed E-state index contributed by atoms with van der Waals surface area (Å²) in [5.41, 5.74) is 2.76. The van der Waals surface area contributed by atoms with Gasteiger partial charge in [-0.3, -0.25) is 0 Å². The van der Waals surface area contributed by atoms with Gasteiger partial charge in [0.15, 0.2) is 0 Å². The second kappa shape index (κ2) is 5.38. The Labute approximate surface area is 125 Å². The zero-order valence-corrected chi connectivity index (χ0v) is 12.1. The fourth-order valence-corrected chi connectivity index (χ4v) is 2.91. The van der Waals surface area contributed by atoms with Crippen LogP contribution in [0.3, 0.4) is 0 Å². The van der Waals surface area contributed by atoms with Gasteiger partial charge in [0.05, 0.1) is 0 Å². The maximum atomic E-state index is 3.60. The zero-order chi connectivity index (χ0) is 14.1. The molecule has 0 saturated heterocycles. The van der Waals surface area contributed by atoms with Crippen LogP contribution in [-0.4, -0.2) is 10.6 Å². The number of nitrogens with zero attached hydrogens (tertiary/aromatic N) is 1. The lowest BCUT2D eigenvalue weighted by molar-refractivity contribution is 0.635. The summed E-state index contributed by atoms with van der Waals surface area (Å²) in [6, 6.07) is 20.3. The van der Waals surface area contributed by atoms with Crippen LogP contribution in [0.2, 0.25) is 0 Å². The fraction of sp³-hybridized carbons (Fsp3) is 0.263. The van der Waals surface area contributed by atoms with Crippen LogP contribution < -0.4 is 5.32 Å². The minimum atomic E-state index is 0.755. The molecule has 1 heterocycles. The van der Waals surface area contributed by atoms with E-state index in [1.807, 2.05) is 0 Å². The minimum absolute atomic E-state index is 0.755. The van der Waals surface area contributed by atoms with Gasteiger partial charge in [0, 0.05) is 31.0 Å². The first kappa shape index (κ1) is 12.7. The van der Waals surface area contributed by atoms with Gasteiger partial charge in [-0.15, -0.1) is 0 Å². The highest BCUT2D eigenvalue weighted by atomic mass is 15.0. The third-order valence-electron chi connectivity index (χ3n) is 4.29. The quantitative estimate of drug-likeness (QED) is 0.747. The molecule has 1 N–H and O–H groups in total. The normalized spacial score (nSPS) is 14.7. The van der Waals surface area contributed by atoms with E-state index in [9.17, 15) is 0 Å². The van der Waals surface area contributed by atoms with Gasteiger partial charge < -0.3 is 9.88 Å². The van der Waals surface area contributed by atoms with Gasteiger partial charge in [0.1, 0.15) is 0 Å². The van der Waals surface area contributed by atoms with Crippen molar-refractivity contribution in [3.05, 3.63) is 72.1 Å². The van der Waals surface area contributed by atoms with Crippen LogP contribution in [0.1, 0.15) is 24.1 Å². The lowest BCUT2D eigenvalue weighted by Crippen LogP contribution is -2.18. The highest BCUT2D eigenvalue weighted by molar-refractivity contribution is 5.85. The van der Waals surface area contributed by atoms with Crippen molar-refractivity contribution in [2.75, 3.05) is 0 Å². The van der Waals surface area contributed by atoms with Crippen molar-refractivity contribution in [1.82, 2.24) is 9.88 Å². The molecule has 0 unspecified atom stereocenters. The third-order valence-corrected chi connectivity index (χ3v) is 4.29. The molecule has 106 valence electrons. The summed E-state index contributed by atoms with van der Waals surface area (Å²) in [5.74, 6) is 0. The molecule has 0 aliphatic heterocycles. The lowest BCUT2D eigenvalue weighted by atomic mass is 10.0. The van der Waals surface area contributed by atoms with E-state index in [1.165, 1.54) is 34.9 Å². The minimum Gasteiger partial charge on any atom is -0.346 e. The van der Waals surface area contributed by atoms with E-state index in [2.05, 4.69) is 70.7 Å². The van der Waals surface area contributed by atoms with Crippen LogP contribution >= 0.6 is 0 Å². The van der Waals surface area contributed by atoms with E-state index in [4.69, 9.17) is 0 Å². The van der Waals surface area contributed by atoms with E-state index >= 15 is 0 Å². The summed E-state index contributed by atoms with van der Waals surface area (Å²) in [6.45, 7) is 1.92. The Hall–Kier alpha value is -2.06. The summed E-state index contributed by atoms with van der Waals surface area (Å²) in [6.07, 6.45) is 4.86. The highest BCUT2D eigenvalue weighted by Gasteiger charge is 2.20. The van der Waals surface area contributed by atoms with E-state index in [0.29, 0.717) is 0 Å². The Morgan fingerprint density at radius 2 is 1.81 bits per heavy atom. The SMILES string of the molecule is c1ccc2c(Cn3cccc3CNC3CC3)cccc2c1. The number of aromatic nitrogens is 1. The molecule has 4 rings (SSSR count). The number of fused-ring (bicyclic) bond motifs is 1. The predicted octanol–water partition coefficient (Wildman–Crippen LogP) is 3.94. The molecule has 2 aromatic carbocycles. The first-order chi connectivity index (χ1) is 10.4. The zero-order valence-electron chi connectivity index (χ0n) is 12.1. The Kier molecular flexibility index (Phi) is 3.24. The van der Waals surface area contributed by atoms with Gasteiger partial charge in [0.2, 0.25) is 0 Å². The first-order valence-electron chi connectivity index (χ1n) is 7.74. The predicted molar refractivity (Wildman–Crippen MR) is 87.3 cm³/mol. The summed E-state index contributed by atoms with van der Waals surface area (Å²) in [4.78, 5) is 0. The largest absolute Gasteiger partial charge is 0.346 e. The molecule has 1 aliphatic rings. The molecule has 0 bridgehead atoms. The standard InChI is InChI=1S/C19H20N2/c1-2-9-19-15(5-1)6-3-7-16(19)14-21-12-4-8-18(21)13-20-17-10-11-17/h1-9,12,17,20H,10-11,13-14H2. The topological polar surface area (TPSA) is 17.0 Å². The summed E-state index contributed by atoms with van der Waals surface area (Å²) in [7, 11) is 0. The average molecular weight is 276 g/mol. The van der Waals surface area contributed by atoms with Crippen LogP contribution in [0.5, 0.6) is 0 Å². The Bertz CT molecular complexity index is 748. The molecular formula is C19H20N2. The Balaban J connectivity index is 1.61. The molecule has 1 aromatic heterocycles. The molecule has 1 aliphatic carbocycles. The van der Waals surface area contributed by atoms with Gasteiger partial charge in [0.25, 0.3) is 0 Å². The van der Waals surface area contributed by atoms with Crippen molar-refractivity contribution in [3.8, 4) is 0 Å². The van der Waals surface area contributed by atoms with E-state index in [-0.39, 0.29) is 0 Å². The van der Waals surface area contributed by atoms with Crippen LogP contribution in [-0.2, 0) is 13.1 Å². The highest BCUT2D eigenvalue weighted by Crippen LogP contribution is 2.21. The number of nitrogens with one attached hydrogen (secondary N) is 1.